The van der Waals surface area contributed by atoms with Gasteiger partial charge in [-0.15, -0.1) is 0 Å². The summed E-state index contributed by atoms with van der Waals surface area (Å²) >= 11 is 8.03. The average molecular weight is 495 g/mol. The first-order chi connectivity index (χ1) is 15.7. The fraction of sp³-hybridized carbons (Fsp3) is 0.348. The highest BCUT2D eigenvalue weighted by Gasteiger charge is 2.38. The standard InChI is InChI=1S/C17H19ClN2S.C6H8O6/c1-19(2)10-5-11-20-14-6-3-4-7-16(14)21-17-9-8-13(18)12-15(17)20;7-1-2(8)5-3(9)4(10)6(11)12-5/h3-4,6-9,12H,5,10-11H2,1-2H3;2,5,7-10H,1H2/t;2-,5+/m.0/s1. The molecule has 0 radical (unpaired) electrons. The number of fused-ring (bicyclic) bond motifs is 2. The van der Waals surface area contributed by atoms with Crippen LogP contribution in [-0.2, 0) is 9.53 Å². The minimum Gasteiger partial charge on any atom is -0.505 e. The molecule has 2 aromatic rings. The predicted octanol–water partition coefficient (Wildman–Crippen LogP) is 3.49. The number of para-hydroxylation sites is 1. The summed E-state index contributed by atoms with van der Waals surface area (Å²) in [5.41, 5.74) is 2.51. The molecular weight excluding hydrogens is 468 g/mol. The predicted molar refractivity (Wildman–Crippen MR) is 127 cm³/mol. The van der Waals surface area contributed by atoms with E-state index in [0.29, 0.717) is 0 Å². The van der Waals surface area contributed by atoms with Crippen molar-refractivity contribution in [1.29, 1.82) is 0 Å². The van der Waals surface area contributed by atoms with Crippen LogP contribution in [0.4, 0.5) is 11.4 Å². The van der Waals surface area contributed by atoms with Gasteiger partial charge in [-0.3, -0.25) is 0 Å². The third kappa shape index (κ3) is 5.93. The van der Waals surface area contributed by atoms with Crippen molar-refractivity contribution in [2.24, 2.45) is 0 Å². The summed E-state index contributed by atoms with van der Waals surface area (Å²) in [5.74, 6) is -2.78. The van der Waals surface area contributed by atoms with Gasteiger partial charge in [-0.1, -0.05) is 35.5 Å². The number of carbonyl (C=O) groups excluding carboxylic acids is 1. The number of esters is 1. The van der Waals surface area contributed by atoms with Gasteiger partial charge < -0.3 is 35.0 Å². The van der Waals surface area contributed by atoms with E-state index in [2.05, 4.69) is 65.0 Å². The van der Waals surface area contributed by atoms with E-state index in [4.69, 9.17) is 32.0 Å². The molecule has 10 heteroatoms. The van der Waals surface area contributed by atoms with Crippen molar-refractivity contribution in [2.45, 2.75) is 28.4 Å². The highest BCUT2D eigenvalue weighted by atomic mass is 35.5. The van der Waals surface area contributed by atoms with Crippen molar-refractivity contribution in [3.05, 3.63) is 59.0 Å². The summed E-state index contributed by atoms with van der Waals surface area (Å²) in [5, 5.41) is 35.8. The first-order valence-corrected chi connectivity index (χ1v) is 11.5. The van der Waals surface area contributed by atoms with Gasteiger partial charge in [0.2, 0.25) is 5.76 Å². The highest BCUT2D eigenvalue weighted by molar-refractivity contribution is 7.99. The molecule has 4 N–H and O–H groups in total. The van der Waals surface area contributed by atoms with Crippen LogP contribution in [0.25, 0.3) is 0 Å². The highest BCUT2D eigenvalue weighted by Crippen LogP contribution is 2.48. The minimum atomic E-state index is -1.42. The number of carbonyl (C=O) groups is 1. The number of ether oxygens (including phenoxy) is 1. The summed E-state index contributed by atoms with van der Waals surface area (Å²) in [7, 11) is 4.23. The molecule has 0 saturated carbocycles. The largest absolute Gasteiger partial charge is 0.505 e. The zero-order valence-electron chi connectivity index (χ0n) is 18.3. The Morgan fingerprint density at radius 3 is 2.48 bits per heavy atom. The van der Waals surface area contributed by atoms with Crippen molar-refractivity contribution >= 4 is 40.7 Å². The first-order valence-electron chi connectivity index (χ1n) is 10.3. The maximum absolute atomic E-state index is 10.5. The van der Waals surface area contributed by atoms with E-state index in [-0.39, 0.29) is 0 Å². The second-order valence-electron chi connectivity index (χ2n) is 7.80. The van der Waals surface area contributed by atoms with E-state index >= 15 is 0 Å². The molecule has 2 aliphatic rings. The molecule has 33 heavy (non-hydrogen) atoms. The second-order valence-corrected chi connectivity index (χ2v) is 9.32. The Kier molecular flexibility index (Phi) is 8.50. The number of hydrogen-bond donors (Lipinski definition) is 4. The fourth-order valence-corrected chi connectivity index (χ4v) is 4.65. The third-order valence-corrected chi connectivity index (χ3v) is 6.42. The Labute approximate surface area is 201 Å². The SMILES string of the molecule is CN(C)CCCN1c2ccccc2Sc2ccc(Cl)cc21.O=C1O[C@H]([C@@H](O)CO)C(O)=C1O. The molecule has 4 rings (SSSR count). The van der Waals surface area contributed by atoms with Crippen LogP contribution in [0.15, 0.2) is 63.8 Å². The lowest BCUT2D eigenvalue weighted by molar-refractivity contribution is -0.147. The van der Waals surface area contributed by atoms with Gasteiger partial charge in [0.15, 0.2) is 11.9 Å². The van der Waals surface area contributed by atoms with E-state index in [1.165, 1.54) is 21.2 Å². The molecule has 2 heterocycles. The maximum Gasteiger partial charge on any atom is 0.377 e. The smallest absolute Gasteiger partial charge is 0.377 e. The summed E-state index contributed by atoms with van der Waals surface area (Å²) in [6, 6.07) is 14.8. The summed E-state index contributed by atoms with van der Waals surface area (Å²) in [6.45, 7) is 1.42. The summed E-state index contributed by atoms with van der Waals surface area (Å²) in [4.78, 5) is 17.8. The van der Waals surface area contributed by atoms with E-state index in [9.17, 15) is 4.79 Å². The molecule has 0 unspecified atom stereocenters. The zero-order chi connectivity index (χ0) is 24.1. The number of aliphatic hydroxyl groups excluding tert-OH is 4. The van der Waals surface area contributed by atoms with Crippen molar-refractivity contribution < 1.29 is 30.0 Å². The lowest BCUT2D eigenvalue weighted by atomic mass is 10.2. The Morgan fingerprint density at radius 2 is 1.85 bits per heavy atom. The molecule has 178 valence electrons. The Bertz CT molecular complexity index is 1030. The van der Waals surface area contributed by atoms with Crippen LogP contribution in [0.3, 0.4) is 0 Å². The number of halogens is 1. The van der Waals surface area contributed by atoms with Gasteiger partial charge in [0, 0.05) is 21.4 Å². The second kappa shape index (κ2) is 11.1. The van der Waals surface area contributed by atoms with Gasteiger partial charge in [-0.25, -0.2) is 4.79 Å². The quantitative estimate of drug-likeness (QED) is 0.448. The monoisotopic (exact) mass is 494 g/mol. The fourth-order valence-electron chi connectivity index (χ4n) is 3.41. The van der Waals surface area contributed by atoms with Crippen LogP contribution >= 0.6 is 23.4 Å². The van der Waals surface area contributed by atoms with E-state index < -0.39 is 36.3 Å². The van der Waals surface area contributed by atoms with E-state index in [1.807, 2.05) is 17.8 Å². The van der Waals surface area contributed by atoms with Gasteiger partial charge in [-0.05, 0) is 57.4 Å². The lowest BCUT2D eigenvalue weighted by Crippen LogP contribution is -2.31. The van der Waals surface area contributed by atoms with Gasteiger partial charge >= 0.3 is 5.97 Å². The van der Waals surface area contributed by atoms with Crippen molar-refractivity contribution in [2.75, 3.05) is 38.7 Å². The normalized spacial score (nSPS) is 17.8. The van der Waals surface area contributed by atoms with Gasteiger partial charge in [0.05, 0.1) is 18.0 Å². The van der Waals surface area contributed by atoms with Crippen LogP contribution < -0.4 is 4.90 Å². The number of cyclic esters (lactones) is 1. The molecular formula is C23H27ClN2O6S. The molecule has 2 atom stereocenters. The number of anilines is 2. The molecule has 0 spiro atoms. The average Bonchev–Trinajstić information content (AvgIpc) is 3.06. The molecule has 0 aliphatic carbocycles. The summed E-state index contributed by atoms with van der Waals surface area (Å²) in [6.07, 6.45) is -1.65. The Morgan fingerprint density at radius 1 is 1.15 bits per heavy atom. The van der Waals surface area contributed by atoms with Gasteiger partial charge in [0.25, 0.3) is 0 Å². The number of hydrogen-bond acceptors (Lipinski definition) is 9. The molecule has 0 aromatic heterocycles. The zero-order valence-corrected chi connectivity index (χ0v) is 19.9. The van der Waals surface area contributed by atoms with Crippen LogP contribution in [0.2, 0.25) is 5.02 Å². The van der Waals surface area contributed by atoms with E-state index in [0.717, 1.165) is 24.5 Å². The molecule has 0 fully saturated rings. The topological polar surface area (TPSA) is 114 Å². The Balaban J connectivity index is 0.000000218. The molecule has 0 amide bonds. The third-order valence-electron chi connectivity index (χ3n) is 5.05. The van der Waals surface area contributed by atoms with Crippen LogP contribution in [-0.4, -0.2) is 77.3 Å². The van der Waals surface area contributed by atoms with Crippen molar-refractivity contribution in [3.8, 4) is 0 Å². The number of rotatable bonds is 6. The number of benzene rings is 2. The van der Waals surface area contributed by atoms with Gasteiger partial charge in [-0.2, -0.15) is 0 Å². The van der Waals surface area contributed by atoms with Gasteiger partial charge in [0.1, 0.15) is 6.10 Å². The van der Waals surface area contributed by atoms with Crippen LogP contribution in [0.5, 0.6) is 0 Å². The number of nitrogens with zero attached hydrogens (tertiary/aromatic N) is 2. The molecule has 8 nitrogen and oxygen atoms in total. The van der Waals surface area contributed by atoms with Crippen LogP contribution in [0.1, 0.15) is 6.42 Å². The first kappa shape index (κ1) is 25.2. The van der Waals surface area contributed by atoms with Crippen molar-refractivity contribution in [1.82, 2.24) is 4.90 Å². The van der Waals surface area contributed by atoms with Crippen LogP contribution in [0, 0.1) is 0 Å². The lowest BCUT2D eigenvalue weighted by Gasteiger charge is -2.33. The molecule has 2 aromatic carbocycles. The molecule has 0 bridgehead atoms. The molecule has 0 saturated heterocycles. The minimum absolute atomic E-state index is 0.671. The van der Waals surface area contributed by atoms with E-state index in [1.54, 1.807) is 0 Å². The summed E-state index contributed by atoms with van der Waals surface area (Å²) < 4.78 is 4.32. The number of aliphatic hydroxyl groups is 4. The molecule has 2 aliphatic heterocycles. The maximum atomic E-state index is 10.5. The van der Waals surface area contributed by atoms with Crippen molar-refractivity contribution in [3.63, 3.8) is 0 Å². The Hall–Kier alpha value is -2.43.